The summed E-state index contributed by atoms with van der Waals surface area (Å²) in [5, 5.41) is 14.2. The molecule has 9 heteroatoms. The number of hydrogen-bond acceptors (Lipinski definition) is 5. The molecule has 1 atom stereocenters. The Kier molecular flexibility index (Phi) is 4.67. The molecular formula is C20H17N4O4S+. The van der Waals surface area contributed by atoms with Crippen LogP contribution < -0.4 is 15.1 Å². The lowest BCUT2D eigenvalue weighted by molar-refractivity contribution is -0.763. The second-order valence-corrected chi connectivity index (χ2v) is 7.26. The molecule has 1 aliphatic rings. The number of H-pyrrole nitrogens is 1. The summed E-state index contributed by atoms with van der Waals surface area (Å²) in [6, 6.07) is 13.4. The number of anilines is 1. The van der Waals surface area contributed by atoms with Crippen molar-refractivity contribution < 1.29 is 19.4 Å². The predicted octanol–water partition coefficient (Wildman–Crippen LogP) is 2.06. The van der Waals surface area contributed by atoms with Gasteiger partial charge in [-0.1, -0.05) is 23.9 Å². The molecule has 29 heavy (non-hydrogen) atoms. The van der Waals surface area contributed by atoms with E-state index in [4.69, 9.17) is 0 Å². The summed E-state index contributed by atoms with van der Waals surface area (Å²) < 4.78 is 1.53. The summed E-state index contributed by atoms with van der Waals surface area (Å²) in [4.78, 5) is 41.1. The largest absolute Gasteiger partial charge is 0.478 e. The molecule has 3 aromatic rings. The Morgan fingerprint density at radius 2 is 1.86 bits per heavy atom. The molecule has 0 saturated carbocycles. The number of carbonyl (C=O) groups is 2. The molecule has 0 aliphatic carbocycles. The quantitative estimate of drug-likeness (QED) is 0.507. The van der Waals surface area contributed by atoms with Gasteiger partial charge in [0.15, 0.2) is 0 Å². The number of hydrogen-bond donors (Lipinski definition) is 2. The Morgan fingerprint density at radius 3 is 2.48 bits per heavy atom. The van der Waals surface area contributed by atoms with E-state index in [2.05, 4.69) is 10.1 Å². The number of benzene rings is 2. The maximum atomic E-state index is 12.9. The van der Waals surface area contributed by atoms with Crippen LogP contribution in [0.3, 0.4) is 0 Å². The van der Waals surface area contributed by atoms with Crippen molar-refractivity contribution in [2.24, 2.45) is 0 Å². The van der Waals surface area contributed by atoms with Gasteiger partial charge in [0, 0.05) is 17.6 Å². The van der Waals surface area contributed by atoms with Crippen molar-refractivity contribution in [3.8, 4) is 11.3 Å². The van der Waals surface area contributed by atoms with Crippen LogP contribution >= 0.6 is 11.8 Å². The SMILES string of the molecule is CSc1n[n+]2c(c(=O)[nH]1)-c1ccccc1N(C(C)=O)[C@H]2c1ccc(C(=O)O)cc1. The van der Waals surface area contributed by atoms with Gasteiger partial charge in [-0.3, -0.25) is 14.6 Å². The third-order valence-corrected chi connectivity index (χ3v) is 5.32. The summed E-state index contributed by atoms with van der Waals surface area (Å²) in [6.45, 7) is 1.45. The highest BCUT2D eigenvalue weighted by Crippen LogP contribution is 2.37. The molecule has 0 unspecified atom stereocenters. The normalized spacial score (nSPS) is 14.8. The molecule has 0 fully saturated rings. The van der Waals surface area contributed by atoms with Gasteiger partial charge in [-0.2, -0.15) is 0 Å². The van der Waals surface area contributed by atoms with Gasteiger partial charge < -0.3 is 5.11 Å². The molecule has 0 spiro atoms. The van der Waals surface area contributed by atoms with Crippen molar-refractivity contribution in [1.29, 1.82) is 0 Å². The van der Waals surface area contributed by atoms with Crippen LogP contribution in [0.2, 0.25) is 0 Å². The number of nitrogens with one attached hydrogen (secondary N) is 1. The van der Waals surface area contributed by atoms with Crippen molar-refractivity contribution in [1.82, 2.24) is 10.1 Å². The van der Waals surface area contributed by atoms with E-state index in [-0.39, 0.29) is 17.0 Å². The lowest BCUT2D eigenvalue weighted by atomic mass is 10.0. The van der Waals surface area contributed by atoms with Crippen LogP contribution in [0.4, 0.5) is 5.69 Å². The van der Waals surface area contributed by atoms with E-state index in [1.807, 2.05) is 0 Å². The zero-order chi connectivity index (χ0) is 20.7. The first-order chi connectivity index (χ1) is 13.9. The fraction of sp³-hybridized carbons (Fsp3) is 0.150. The number of carboxylic acid groups (broad SMARTS) is 1. The number of carbonyl (C=O) groups excluding carboxylic acids is 1. The van der Waals surface area contributed by atoms with Crippen LogP contribution in [0, 0.1) is 0 Å². The molecular weight excluding hydrogens is 392 g/mol. The minimum absolute atomic E-state index is 0.133. The van der Waals surface area contributed by atoms with Crippen molar-refractivity contribution in [3.05, 3.63) is 70.0 Å². The van der Waals surface area contributed by atoms with E-state index >= 15 is 0 Å². The highest BCUT2D eigenvalue weighted by atomic mass is 32.2. The van der Waals surface area contributed by atoms with Crippen molar-refractivity contribution in [2.45, 2.75) is 18.2 Å². The molecule has 2 heterocycles. The number of carboxylic acids is 1. The van der Waals surface area contributed by atoms with Gasteiger partial charge >= 0.3 is 17.2 Å². The number of para-hydroxylation sites is 1. The molecule has 0 bridgehead atoms. The fourth-order valence-corrected chi connectivity index (χ4v) is 3.87. The van der Waals surface area contributed by atoms with Crippen LogP contribution in [-0.2, 0) is 4.79 Å². The van der Waals surface area contributed by atoms with Gasteiger partial charge in [0.05, 0.1) is 16.8 Å². The Morgan fingerprint density at radius 1 is 1.17 bits per heavy atom. The van der Waals surface area contributed by atoms with Crippen molar-refractivity contribution in [2.75, 3.05) is 11.2 Å². The third kappa shape index (κ3) is 3.09. The first kappa shape index (κ1) is 18.9. The maximum Gasteiger partial charge on any atom is 0.335 e. The number of fused-ring (bicyclic) bond motifs is 3. The second-order valence-electron chi connectivity index (χ2n) is 6.46. The topological polar surface area (TPSA) is 107 Å². The van der Waals surface area contributed by atoms with Crippen molar-refractivity contribution in [3.63, 3.8) is 0 Å². The zero-order valence-electron chi connectivity index (χ0n) is 15.6. The summed E-state index contributed by atoms with van der Waals surface area (Å²) in [5.41, 5.74) is 1.98. The number of nitrogens with zero attached hydrogens (tertiary/aromatic N) is 3. The van der Waals surface area contributed by atoms with E-state index < -0.39 is 12.1 Å². The lowest BCUT2D eigenvalue weighted by Gasteiger charge is -2.31. The minimum atomic E-state index is -1.04. The number of rotatable bonds is 3. The molecule has 2 N–H and O–H groups in total. The van der Waals surface area contributed by atoms with Gasteiger partial charge in [0.2, 0.25) is 11.1 Å². The minimum Gasteiger partial charge on any atom is -0.478 e. The monoisotopic (exact) mass is 409 g/mol. The van der Waals surface area contributed by atoms with Crippen LogP contribution in [0.15, 0.2) is 58.5 Å². The van der Waals surface area contributed by atoms with E-state index in [9.17, 15) is 19.5 Å². The molecule has 8 nitrogen and oxygen atoms in total. The Balaban J connectivity index is 2.03. The molecule has 4 rings (SSSR count). The van der Waals surface area contributed by atoms with Crippen LogP contribution in [0.25, 0.3) is 11.3 Å². The molecule has 146 valence electrons. The first-order valence-electron chi connectivity index (χ1n) is 8.75. The smallest absolute Gasteiger partial charge is 0.335 e. The van der Waals surface area contributed by atoms with Gasteiger partial charge in [-0.15, -0.1) is 0 Å². The Hall–Kier alpha value is -3.46. The van der Waals surface area contributed by atoms with E-state index in [1.54, 1.807) is 47.6 Å². The van der Waals surface area contributed by atoms with Gasteiger partial charge in [-0.05, 0) is 47.3 Å². The van der Waals surface area contributed by atoms with E-state index in [1.165, 1.54) is 35.5 Å². The summed E-state index contributed by atoms with van der Waals surface area (Å²) in [7, 11) is 0. The Labute approximate surface area is 169 Å². The third-order valence-electron chi connectivity index (χ3n) is 4.75. The average Bonchev–Trinajstić information content (AvgIpc) is 2.72. The first-order valence-corrected chi connectivity index (χ1v) is 9.97. The van der Waals surface area contributed by atoms with Crippen LogP contribution in [-0.4, -0.2) is 33.3 Å². The van der Waals surface area contributed by atoms with Gasteiger partial charge in [0.25, 0.3) is 6.17 Å². The zero-order valence-corrected chi connectivity index (χ0v) is 16.4. The lowest BCUT2D eigenvalue weighted by Crippen LogP contribution is -2.60. The average molecular weight is 409 g/mol. The molecule has 2 aromatic carbocycles. The summed E-state index contributed by atoms with van der Waals surface area (Å²) in [5.74, 6) is -1.27. The molecule has 1 aliphatic heterocycles. The number of aromatic carboxylic acids is 1. The van der Waals surface area contributed by atoms with Crippen molar-refractivity contribution >= 4 is 29.3 Å². The Bertz CT molecular complexity index is 1190. The maximum absolute atomic E-state index is 12.9. The van der Waals surface area contributed by atoms with Crippen LogP contribution in [0.5, 0.6) is 0 Å². The summed E-state index contributed by atoms with van der Waals surface area (Å²) in [6.07, 6.45) is 1.06. The van der Waals surface area contributed by atoms with E-state index in [0.29, 0.717) is 27.7 Å². The standard InChI is InChI=1S/C20H16N4O4S/c1-11(25)23-15-6-4-3-5-14(15)16-17(26)21-20(29-2)22-24(16)18(23)12-7-9-13(10-8-12)19(27)28/h3-10,18H,1-2H3,(H-,21,22,26,27,28)/p+1/t18-/m1/s1. The van der Waals surface area contributed by atoms with Gasteiger partial charge in [-0.25, -0.2) is 9.69 Å². The fourth-order valence-electron chi connectivity index (χ4n) is 3.50. The second kappa shape index (κ2) is 7.17. The number of aromatic nitrogens is 3. The molecule has 0 radical (unpaired) electrons. The number of thioether (sulfide) groups is 1. The molecule has 1 aromatic heterocycles. The van der Waals surface area contributed by atoms with Gasteiger partial charge in [0.1, 0.15) is 0 Å². The van der Waals surface area contributed by atoms with E-state index in [0.717, 1.165) is 0 Å². The molecule has 1 amide bonds. The summed E-state index contributed by atoms with van der Waals surface area (Å²) >= 11 is 1.28. The predicted molar refractivity (Wildman–Crippen MR) is 107 cm³/mol. The highest BCUT2D eigenvalue weighted by Gasteiger charge is 2.44. The number of aromatic amines is 1. The molecule has 0 saturated heterocycles. The number of amides is 1. The van der Waals surface area contributed by atoms with Crippen LogP contribution in [0.1, 0.15) is 29.0 Å². The highest BCUT2D eigenvalue weighted by molar-refractivity contribution is 7.98.